The van der Waals surface area contributed by atoms with Gasteiger partial charge in [-0.3, -0.25) is 0 Å². The Kier molecular flexibility index (Phi) is 9.55. The first-order valence-corrected chi connectivity index (χ1v) is 8.07. The van der Waals surface area contributed by atoms with E-state index >= 15 is 0 Å². The maximum absolute atomic E-state index is 13.0. The quantitative estimate of drug-likeness (QED) is 0.556. The Bertz CT molecular complexity index is 401. The highest BCUT2D eigenvalue weighted by molar-refractivity contribution is 5.34. The van der Waals surface area contributed by atoms with Crippen molar-refractivity contribution in [3.8, 4) is 11.5 Å². The Balaban J connectivity index is 2.00. The van der Waals surface area contributed by atoms with E-state index in [1.165, 1.54) is 25.7 Å². The van der Waals surface area contributed by atoms with E-state index in [0.29, 0.717) is 6.61 Å². The van der Waals surface area contributed by atoms with Crippen molar-refractivity contribution in [2.75, 3.05) is 13.2 Å². The van der Waals surface area contributed by atoms with E-state index in [1.807, 2.05) is 0 Å². The number of aliphatic hydroxyl groups is 1. The van der Waals surface area contributed by atoms with Crippen molar-refractivity contribution in [3.05, 3.63) is 23.8 Å². The predicted molar refractivity (Wildman–Crippen MR) is 82.2 cm³/mol. The van der Waals surface area contributed by atoms with E-state index < -0.39 is 17.4 Å². The number of aromatic hydroxyl groups is 1. The van der Waals surface area contributed by atoms with Gasteiger partial charge in [-0.05, 0) is 12.8 Å². The number of benzene rings is 1. The average molecular weight is 316 g/mol. The molecule has 0 unspecified atom stereocenters. The van der Waals surface area contributed by atoms with Gasteiger partial charge in [0.25, 0.3) is 0 Å². The van der Waals surface area contributed by atoms with Crippen LogP contribution in [-0.4, -0.2) is 23.4 Å². The predicted octanol–water partition coefficient (Wildman–Crippen LogP) is 4.55. The molecule has 0 saturated carbocycles. The second kappa shape index (κ2) is 11.2. The van der Waals surface area contributed by atoms with Gasteiger partial charge in [-0.1, -0.05) is 44.9 Å². The molecule has 3 nitrogen and oxygen atoms in total. The molecule has 0 saturated heterocycles. The summed E-state index contributed by atoms with van der Waals surface area (Å²) in [5.74, 6) is -2.92. The first-order valence-electron chi connectivity index (χ1n) is 8.07. The molecule has 0 spiro atoms. The van der Waals surface area contributed by atoms with Gasteiger partial charge in [0.05, 0.1) is 6.61 Å². The number of ether oxygens (including phenoxy) is 1. The Morgan fingerprint density at radius 2 is 1.36 bits per heavy atom. The maximum Gasteiger partial charge on any atom is 0.200 e. The van der Waals surface area contributed by atoms with E-state index in [4.69, 9.17) is 14.9 Å². The van der Waals surface area contributed by atoms with Crippen LogP contribution in [0.4, 0.5) is 8.78 Å². The van der Waals surface area contributed by atoms with Crippen LogP contribution >= 0.6 is 0 Å². The maximum atomic E-state index is 13.0. The number of unbranched alkanes of at least 4 members (excludes halogenated alkanes) is 8. The molecule has 126 valence electrons. The lowest BCUT2D eigenvalue weighted by molar-refractivity contribution is 0.282. The number of aliphatic hydroxyl groups excluding tert-OH is 1. The first kappa shape index (κ1) is 18.7. The number of halogens is 2. The van der Waals surface area contributed by atoms with Crippen LogP contribution in [0.3, 0.4) is 0 Å². The van der Waals surface area contributed by atoms with Gasteiger partial charge in [-0.2, -0.15) is 4.39 Å². The third kappa shape index (κ3) is 7.59. The minimum Gasteiger partial charge on any atom is -0.505 e. The Hall–Kier alpha value is -1.36. The molecule has 0 fully saturated rings. The Labute approximate surface area is 130 Å². The summed E-state index contributed by atoms with van der Waals surface area (Å²) in [6.07, 6.45) is 9.81. The normalized spacial score (nSPS) is 10.9. The van der Waals surface area contributed by atoms with Crippen molar-refractivity contribution < 1.29 is 23.7 Å². The summed E-state index contributed by atoms with van der Waals surface area (Å²) in [5, 5.41) is 17.8. The molecule has 0 atom stereocenters. The standard InChI is InChI=1S/C17H26F2O3/c18-15-12-14(13-16(21)17(15)19)22-11-9-7-5-3-1-2-4-6-8-10-20/h12-13,20-21H,1-11H2. The first-order chi connectivity index (χ1) is 10.6. The van der Waals surface area contributed by atoms with Gasteiger partial charge in [0.15, 0.2) is 11.6 Å². The highest BCUT2D eigenvalue weighted by Gasteiger charge is 2.10. The zero-order chi connectivity index (χ0) is 16.2. The van der Waals surface area contributed by atoms with Gasteiger partial charge in [-0.25, -0.2) is 4.39 Å². The summed E-state index contributed by atoms with van der Waals surface area (Å²) in [4.78, 5) is 0. The minimum absolute atomic E-state index is 0.153. The van der Waals surface area contributed by atoms with Crippen molar-refractivity contribution >= 4 is 0 Å². The van der Waals surface area contributed by atoms with Crippen LogP contribution < -0.4 is 4.74 Å². The largest absolute Gasteiger partial charge is 0.505 e. The van der Waals surface area contributed by atoms with Crippen LogP contribution in [0.1, 0.15) is 57.8 Å². The molecule has 22 heavy (non-hydrogen) atoms. The van der Waals surface area contributed by atoms with Crippen LogP contribution in [-0.2, 0) is 0 Å². The number of hydrogen-bond acceptors (Lipinski definition) is 3. The third-order valence-electron chi connectivity index (χ3n) is 3.55. The fourth-order valence-electron chi connectivity index (χ4n) is 2.28. The van der Waals surface area contributed by atoms with Gasteiger partial charge in [0.1, 0.15) is 5.75 Å². The smallest absolute Gasteiger partial charge is 0.200 e. The molecule has 0 heterocycles. The fourth-order valence-corrected chi connectivity index (χ4v) is 2.28. The highest BCUT2D eigenvalue weighted by Crippen LogP contribution is 2.25. The lowest BCUT2D eigenvalue weighted by Gasteiger charge is -2.07. The second-order valence-corrected chi connectivity index (χ2v) is 5.49. The summed E-state index contributed by atoms with van der Waals surface area (Å²) < 4.78 is 31.2. The third-order valence-corrected chi connectivity index (χ3v) is 3.55. The summed E-state index contributed by atoms with van der Waals surface area (Å²) >= 11 is 0. The molecule has 0 aliphatic heterocycles. The molecule has 0 aromatic heterocycles. The summed E-state index contributed by atoms with van der Waals surface area (Å²) in [6.45, 7) is 0.719. The van der Waals surface area contributed by atoms with E-state index in [-0.39, 0.29) is 12.4 Å². The summed E-state index contributed by atoms with van der Waals surface area (Å²) in [6, 6.07) is 2.03. The molecule has 1 aromatic rings. The molecular formula is C17H26F2O3. The topological polar surface area (TPSA) is 49.7 Å². The van der Waals surface area contributed by atoms with E-state index in [1.54, 1.807) is 0 Å². The summed E-state index contributed by atoms with van der Waals surface area (Å²) in [5.41, 5.74) is 0. The van der Waals surface area contributed by atoms with E-state index in [2.05, 4.69) is 0 Å². The lowest BCUT2D eigenvalue weighted by atomic mass is 10.1. The van der Waals surface area contributed by atoms with Gasteiger partial charge in [-0.15, -0.1) is 0 Å². The minimum atomic E-state index is -1.24. The van der Waals surface area contributed by atoms with Crippen LogP contribution in [0, 0.1) is 11.6 Å². The zero-order valence-electron chi connectivity index (χ0n) is 13.0. The zero-order valence-corrected chi connectivity index (χ0v) is 13.0. The molecule has 0 bridgehead atoms. The lowest BCUT2D eigenvalue weighted by Crippen LogP contribution is -1.98. The average Bonchev–Trinajstić information content (AvgIpc) is 2.50. The molecule has 1 rings (SSSR count). The van der Waals surface area contributed by atoms with Gasteiger partial charge < -0.3 is 14.9 Å². The van der Waals surface area contributed by atoms with Crippen molar-refractivity contribution in [3.63, 3.8) is 0 Å². The van der Waals surface area contributed by atoms with Gasteiger partial charge in [0, 0.05) is 18.7 Å². The fraction of sp³-hybridized carbons (Fsp3) is 0.647. The van der Waals surface area contributed by atoms with Crippen LogP contribution in [0.25, 0.3) is 0 Å². The highest BCUT2D eigenvalue weighted by atomic mass is 19.2. The van der Waals surface area contributed by atoms with Crippen LogP contribution in [0.15, 0.2) is 12.1 Å². The van der Waals surface area contributed by atoms with Gasteiger partial charge >= 0.3 is 0 Å². The summed E-state index contributed by atoms with van der Waals surface area (Å²) in [7, 11) is 0. The molecule has 0 amide bonds. The van der Waals surface area contributed by atoms with Crippen LogP contribution in [0.5, 0.6) is 11.5 Å². The van der Waals surface area contributed by atoms with E-state index in [0.717, 1.165) is 44.2 Å². The molecule has 0 aliphatic carbocycles. The van der Waals surface area contributed by atoms with Crippen molar-refractivity contribution in [1.29, 1.82) is 0 Å². The number of phenolic OH excluding ortho intramolecular Hbond substituents is 1. The van der Waals surface area contributed by atoms with Crippen LogP contribution in [0.2, 0.25) is 0 Å². The molecule has 1 aromatic carbocycles. The Morgan fingerprint density at radius 3 is 1.91 bits per heavy atom. The van der Waals surface area contributed by atoms with Crippen molar-refractivity contribution in [2.45, 2.75) is 57.8 Å². The molecule has 5 heteroatoms. The van der Waals surface area contributed by atoms with E-state index in [9.17, 15) is 8.78 Å². The van der Waals surface area contributed by atoms with Gasteiger partial charge in [0.2, 0.25) is 5.82 Å². The number of rotatable bonds is 12. The SMILES string of the molecule is OCCCCCCCCCCCOc1cc(O)c(F)c(F)c1. The second-order valence-electron chi connectivity index (χ2n) is 5.49. The molecule has 0 aliphatic rings. The molecular weight excluding hydrogens is 290 g/mol. The Morgan fingerprint density at radius 1 is 0.818 bits per heavy atom. The van der Waals surface area contributed by atoms with Crippen molar-refractivity contribution in [1.82, 2.24) is 0 Å². The monoisotopic (exact) mass is 316 g/mol. The molecule has 0 radical (unpaired) electrons. The number of phenols is 1. The van der Waals surface area contributed by atoms with Crippen molar-refractivity contribution in [2.24, 2.45) is 0 Å². The number of hydrogen-bond donors (Lipinski definition) is 2. The molecule has 2 N–H and O–H groups in total.